The van der Waals surface area contributed by atoms with Gasteiger partial charge in [0.15, 0.2) is 0 Å². The van der Waals surface area contributed by atoms with Crippen molar-refractivity contribution in [2.24, 2.45) is 0 Å². The molecule has 0 aromatic rings. The van der Waals surface area contributed by atoms with Gasteiger partial charge in [0.05, 0.1) is 0 Å². The van der Waals surface area contributed by atoms with Crippen LogP contribution < -0.4 is 5.32 Å². The largest absolute Gasteiger partial charge is 0.234 e. The average Bonchev–Trinajstić information content (AvgIpc) is 2.40. The van der Waals surface area contributed by atoms with Crippen molar-refractivity contribution in [2.45, 2.75) is 91.0 Å². The first-order chi connectivity index (χ1) is 8.85. The lowest BCUT2D eigenvalue weighted by molar-refractivity contribution is 0.517. The Kier molecular flexibility index (Phi) is 14.5. The van der Waals surface area contributed by atoms with Crippen LogP contribution in [0.2, 0.25) is 0 Å². The molecule has 0 spiro atoms. The summed E-state index contributed by atoms with van der Waals surface area (Å²) in [6, 6.07) is 0.467. The third kappa shape index (κ3) is 12.2. The molecule has 0 fully saturated rings. The maximum atomic E-state index is 4.74. The van der Waals surface area contributed by atoms with Crippen LogP contribution in [-0.4, -0.2) is 12.6 Å². The van der Waals surface area contributed by atoms with Gasteiger partial charge in [-0.25, -0.2) is 5.32 Å². The maximum absolute atomic E-state index is 4.74. The summed E-state index contributed by atoms with van der Waals surface area (Å²) in [6.45, 7) is 7.74. The Morgan fingerprint density at radius 3 is 2.00 bits per heavy atom. The van der Waals surface area contributed by atoms with Crippen molar-refractivity contribution in [3.05, 3.63) is 12.2 Å². The van der Waals surface area contributed by atoms with Gasteiger partial charge in [-0.1, -0.05) is 77.9 Å². The third-order valence-corrected chi connectivity index (χ3v) is 3.39. The summed E-state index contributed by atoms with van der Waals surface area (Å²) in [5.41, 5.74) is 0. The van der Waals surface area contributed by atoms with Crippen LogP contribution in [0.15, 0.2) is 12.2 Å². The zero-order valence-electron chi connectivity index (χ0n) is 13.0. The lowest BCUT2D eigenvalue weighted by Crippen LogP contribution is -2.19. The number of hydrogen-bond donors (Lipinski definition) is 0. The smallest absolute Gasteiger partial charge is 0.0423 e. The Balaban J connectivity index is 3.25. The van der Waals surface area contributed by atoms with Crippen LogP contribution in [0.1, 0.15) is 85.0 Å². The molecular weight excluding hydrogens is 218 g/mol. The fourth-order valence-electron chi connectivity index (χ4n) is 2.12. The van der Waals surface area contributed by atoms with Gasteiger partial charge < -0.3 is 0 Å². The van der Waals surface area contributed by atoms with Crippen LogP contribution in [0, 0.1) is 0 Å². The molecule has 0 aliphatic heterocycles. The Morgan fingerprint density at radius 2 is 1.44 bits per heavy atom. The van der Waals surface area contributed by atoms with Crippen molar-refractivity contribution in [2.75, 3.05) is 6.54 Å². The standard InChI is InChI=1S/C17H34N/c1-4-7-9-10-11-12-13-14-16-18-17(6-3)15-8-5-2/h8,15,17H,4-7,9-14,16H2,1-3H3/b15-8+. The van der Waals surface area contributed by atoms with E-state index in [-0.39, 0.29) is 0 Å². The van der Waals surface area contributed by atoms with E-state index < -0.39 is 0 Å². The quantitative estimate of drug-likeness (QED) is 0.304. The highest BCUT2D eigenvalue weighted by Crippen LogP contribution is 2.08. The van der Waals surface area contributed by atoms with Gasteiger partial charge in [-0.15, -0.1) is 0 Å². The molecule has 0 bridgehead atoms. The highest BCUT2D eigenvalue weighted by atomic mass is 14.9. The van der Waals surface area contributed by atoms with Crippen molar-refractivity contribution in [1.29, 1.82) is 0 Å². The van der Waals surface area contributed by atoms with Gasteiger partial charge in [-0.2, -0.15) is 0 Å². The molecule has 0 saturated carbocycles. The van der Waals surface area contributed by atoms with Crippen molar-refractivity contribution < 1.29 is 0 Å². The summed E-state index contributed by atoms with van der Waals surface area (Å²) >= 11 is 0. The second-order valence-corrected chi connectivity index (χ2v) is 5.19. The molecule has 1 radical (unpaired) electrons. The van der Waals surface area contributed by atoms with Crippen LogP contribution in [0.25, 0.3) is 0 Å². The summed E-state index contributed by atoms with van der Waals surface area (Å²) < 4.78 is 0. The first-order valence-corrected chi connectivity index (χ1v) is 8.18. The van der Waals surface area contributed by atoms with E-state index in [2.05, 4.69) is 32.9 Å². The SMILES string of the molecule is CC/C=C/C(CC)[N]CCCCCCCCCC. The molecule has 0 aromatic heterocycles. The molecule has 1 nitrogen and oxygen atoms in total. The summed E-state index contributed by atoms with van der Waals surface area (Å²) in [7, 11) is 0. The molecule has 0 heterocycles. The first-order valence-electron chi connectivity index (χ1n) is 8.18. The van der Waals surface area contributed by atoms with E-state index in [1.54, 1.807) is 0 Å². The monoisotopic (exact) mass is 252 g/mol. The van der Waals surface area contributed by atoms with Crippen LogP contribution in [-0.2, 0) is 0 Å². The summed E-state index contributed by atoms with van der Waals surface area (Å²) in [4.78, 5) is 0. The summed E-state index contributed by atoms with van der Waals surface area (Å²) in [5, 5.41) is 4.74. The predicted molar refractivity (Wildman–Crippen MR) is 83.1 cm³/mol. The van der Waals surface area contributed by atoms with Crippen molar-refractivity contribution >= 4 is 0 Å². The molecule has 0 aliphatic rings. The van der Waals surface area contributed by atoms with E-state index in [4.69, 9.17) is 5.32 Å². The first kappa shape index (κ1) is 17.7. The minimum atomic E-state index is 0.467. The van der Waals surface area contributed by atoms with Gasteiger partial charge in [-0.05, 0) is 19.3 Å². The van der Waals surface area contributed by atoms with E-state index in [0.29, 0.717) is 6.04 Å². The lowest BCUT2D eigenvalue weighted by atomic mass is 10.1. The number of allylic oxidation sites excluding steroid dienone is 1. The van der Waals surface area contributed by atoms with E-state index in [1.807, 2.05) is 0 Å². The molecule has 0 aromatic carbocycles. The molecule has 0 aliphatic carbocycles. The van der Waals surface area contributed by atoms with Crippen molar-refractivity contribution in [3.8, 4) is 0 Å². The van der Waals surface area contributed by atoms with Gasteiger partial charge in [0.25, 0.3) is 0 Å². The average molecular weight is 252 g/mol. The van der Waals surface area contributed by atoms with Crippen LogP contribution >= 0.6 is 0 Å². The van der Waals surface area contributed by atoms with Crippen LogP contribution in [0.5, 0.6) is 0 Å². The van der Waals surface area contributed by atoms with Crippen molar-refractivity contribution in [1.82, 2.24) is 5.32 Å². The topological polar surface area (TPSA) is 14.1 Å². The van der Waals surface area contributed by atoms with Gasteiger partial charge in [0.2, 0.25) is 0 Å². The second kappa shape index (κ2) is 14.8. The Labute approximate surface area is 115 Å². The van der Waals surface area contributed by atoms with Gasteiger partial charge in [-0.3, -0.25) is 0 Å². The fourth-order valence-corrected chi connectivity index (χ4v) is 2.12. The molecule has 0 saturated heterocycles. The Morgan fingerprint density at radius 1 is 0.833 bits per heavy atom. The maximum Gasteiger partial charge on any atom is 0.0423 e. The Bertz CT molecular complexity index is 174. The number of rotatable bonds is 13. The number of nitrogens with zero attached hydrogens (tertiary/aromatic N) is 1. The Hall–Kier alpha value is -0.300. The highest BCUT2D eigenvalue weighted by molar-refractivity contribution is 4.91. The number of hydrogen-bond acceptors (Lipinski definition) is 0. The summed E-state index contributed by atoms with van der Waals surface area (Å²) in [6.07, 6.45) is 17.9. The molecule has 1 atom stereocenters. The summed E-state index contributed by atoms with van der Waals surface area (Å²) in [5.74, 6) is 0. The van der Waals surface area contributed by atoms with Gasteiger partial charge in [0, 0.05) is 12.6 Å². The molecule has 0 N–H and O–H groups in total. The van der Waals surface area contributed by atoms with E-state index >= 15 is 0 Å². The van der Waals surface area contributed by atoms with E-state index in [9.17, 15) is 0 Å². The lowest BCUT2D eigenvalue weighted by Gasteiger charge is -2.10. The zero-order valence-corrected chi connectivity index (χ0v) is 13.0. The molecule has 0 amide bonds. The van der Waals surface area contributed by atoms with Crippen LogP contribution in [0.3, 0.4) is 0 Å². The predicted octanol–water partition coefficient (Wildman–Crippen LogP) is 5.48. The molecule has 18 heavy (non-hydrogen) atoms. The number of unbranched alkanes of at least 4 members (excludes halogenated alkanes) is 7. The van der Waals surface area contributed by atoms with Crippen LogP contribution in [0.4, 0.5) is 0 Å². The minimum absolute atomic E-state index is 0.467. The normalized spacial score (nSPS) is 13.3. The third-order valence-electron chi connectivity index (χ3n) is 3.39. The zero-order chi connectivity index (χ0) is 13.5. The fraction of sp³-hybridized carbons (Fsp3) is 0.882. The van der Waals surface area contributed by atoms with E-state index in [1.165, 1.54) is 51.4 Å². The minimum Gasteiger partial charge on any atom is -0.234 e. The second-order valence-electron chi connectivity index (χ2n) is 5.19. The van der Waals surface area contributed by atoms with Crippen molar-refractivity contribution in [3.63, 3.8) is 0 Å². The molecule has 1 heteroatoms. The molecular formula is C17H34N. The van der Waals surface area contributed by atoms with Gasteiger partial charge >= 0.3 is 0 Å². The highest BCUT2D eigenvalue weighted by Gasteiger charge is 2.00. The van der Waals surface area contributed by atoms with E-state index in [0.717, 1.165) is 19.4 Å². The molecule has 0 rings (SSSR count). The van der Waals surface area contributed by atoms with Gasteiger partial charge in [0.1, 0.15) is 0 Å². The molecule has 1 unspecified atom stereocenters. The molecule has 107 valence electrons.